The molecular weight excluding hydrogens is 212 g/mol. The summed E-state index contributed by atoms with van der Waals surface area (Å²) in [7, 11) is 0. The van der Waals surface area contributed by atoms with Gasteiger partial charge in [-0.2, -0.15) is 0 Å². The van der Waals surface area contributed by atoms with Crippen molar-refractivity contribution in [2.24, 2.45) is 11.7 Å². The lowest BCUT2D eigenvalue weighted by Gasteiger charge is -2.19. The molecule has 0 fully saturated rings. The number of imidazole rings is 1. The lowest BCUT2D eigenvalue weighted by Crippen LogP contribution is -2.22. The summed E-state index contributed by atoms with van der Waals surface area (Å²) in [6, 6.07) is 2.31. The van der Waals surface area contributed by atoms with Crippen LogP contribution in [0.2, 0.25) is 0 Å². The van der Waals surface area contributed by atoms with E-state index in [1.807, 2.05) is 6.07 Å². The van der Waals surface area contributed by atoms with Crippen molar-refractivity contribution in [2.75, 3.05) is 0 Å². The highest BCUT2D eigenvalue weighted by Gasteiger charge is 2.20. The SMILES string of the molecule is CC(C)[C@H](N)c1nc2cnccc2n1C(C)C. The molecule has 2 heterocycles. The Labute approximate surface area is 102 Å². The van der Waals surface area contributed by atoms with E-state index in [4.69, 9.17) is 5.73 Å². The molecule has 1 atom stereocenters. The first-order valence-corrected chi connectivity index (χ1v) is 6.09. The summed E-state index contributed by atoms with van der Waals surface area (Å²) in [4.78, 5) is 8.74. The van der Waals surface area contributed by atoms with E-state index in [0.29, 0.717) is 12.0 Å². The van der Waals surface area contributed by atoms with E-state index < -0.39 is 0 Å². The third kappa shape index (κ3) is 2.05. The maximum Gasteiger partial charge on any atom is 0.127 e. The quantitative estimate of drug-likeness (QED) is 0.885. The minimum atomic E-state index is -0.0372. The Morgan fingerprint density at radius 3 is 2.53 bits per heavy atom. The Hall–Kier alpha value is -1.42. The van der Waals surface area contributed by atoms with Gasteiger partial charge in [0.1, 0.15) is 11.3 Å². The lowest BCUT2D eigenvalue weighted by molar-refractivity contribution is 0.453. The molecule has 0 spiro atoms. The molecule has 0 radical (unpaired) electrons. The number of pyridine rings is 1. The molecule has 92 valence electrons. The van der Waals surface area contributed by atoms with Crippen molar-refractivity contribution in [2.45, 2.75) is 39.8 Å². The largest absolute Gasteiger partial charge is 0.324 e. The average molecular weight is 232 g/mol. The van der Waals surface area contributed by atoms with Crippen LogP contribution in [0.3, 0.4) is 0 Å². The van der Waals surface area contributed by atoms with Gasteiger partial charge in [0.25, 0.3) is 0 Å². The Morgan fingerprint density at radius 1 is 1.24 bits per heavy atom. The van der Waals surface area contributed by atoms with Gasteiger partial charge in [-0.25, -0.2) is 4.98 Å². The van der Waals surface area contributed by atoms with Gasteiger partial charge < -0.3 is 10.3 Å². The van der Waals surface area contributed by atoms with Gasteiger partial charge >= 0.3 is 0 Å². The number of hydrogen-bond acceptors (Lipinski definition) is 3. The molecule has 0 saturated carbocycles. The van der Waals surface area contributed by atoms with Gasteiger partial charge in [0.15, 0.2) is 0 Å². The molecule has 2 rings (SSSR count). The second kappa shape index (κ2) is 4.45. The molecule has 0 bridgehead atoms. The van der Waals surface area contributed by atoms with Crippen LogP contribution in [0.5, 0.6) is 0 Å². The molecule has 17 heavy (non-hydrogen) atoms. The molecule has 0 unspecified atom stereocenters. The fourth-order valence-electron chi connectivity index (χ4n) is 2.05. The number of hydrogen-bond donors (Lipinski definition) is 1. The van der Waals surface area contributed by atoms with E-state index >= 15 is 0 Å². The molecule has 0 aliphatic heterocycles. The van der Waals surface area contributed by atoms with Crippen molar-refractivity contribution in [3.63, 3.8) is 0 Å². The predicted octanol–water partition coefficient (Wildman–Crippen LogP) is 2.67. The third-order valence-electron chi connectivity index (χ3n) is 3.05. The van der Waals surface area contributed by atoms with Gasteiger partial charge in [0, 0.05) is 12.2 Å². The highest BCUT2D eigenvalue weighted by atomic mass is 15.1. The first-order chi connectivity index (χ1) is 8.02. The van der Waals surface area contributed by atoms with Gasteiger partial charge in [-0.1, -0.05) is 13.8 Å². The zero-order valence-electron chi connectivity index (χ0n) is 10.9. The van der Waals surface area contributed by atoms with Crippen LogP contribution in [-0.4, -0.2) is 14.5 Å². The smallest absolute Gasteiger partial charge is 0.127 e. The summed E-state index contributed by atoms with van der Waals surface area (Å²) in [5.41, 5.74) is 8.27. The Kier molecular flexibility index (Phi) is 3.15. The van der Waals surface area contributed by atoms with Crippen LogP contribution in [0.15, 0.2) is 18.5 Å². The summed E-state index contributed by atoms with van der Waals surface area (Å²) < 4.78 is 2.21. The second-order valence-corrected chi connectivity index (χ2v) is 5.07. The topological polar surface area (TPSA) is 56.7 Å². The Morgan fingerprint density at radius 2 is 1.94 bits per heavy atom. The Bertz CT molecular complexity index is 513. The van der Waals surface area contributed by atoms with Crippen LogP contribution in [0, 0.1) is 5.92 Å². The first kappa shape index (κ1) is 12.0. The number of nitrogens with zero attached hydrogens (tertiary/aromatic N) is 3. The minimum Gasteiger partial charge on any atom is -0.324 e. The van der Waals surface area contributed by atoms with Gasteiger partial charge in [0.05, 0.1) is 17.8 Å². The van der Waals surface area contributed by atoms with Crippen LogP contribution >= 0.6 is 0 Å². The average Bonchev–Trinajstić information content (AvgIpc) is 2.66. The van der Waals surface area contributed by atoms with Gasteiger partial charge in [-0.05, 0) is 25.8 Å². The predicted molar refractivity (Wildman–Crippen MR) is 69.7 cm³/mol. The van der Waals surface area contributed by atoms with Crippen molar-refractivity contribution in [3.05, 3.63) is 24.3 Å². The fourth-order valence-corrected chi connectivity index (χ4v) is 2.05. The fraction of sp³-hybridized carbons (Fsp3) is 0.538. The summed E-state index contributed by atoms with van der Waals surface area (Å²) >= 11 is 0. The molecular formula is C13H20N4. The molecule has 2 aromatic heterocycles. The van der Waals surface area contributed by atoms with E-state index in [1.54, 1.807) is 12.4 Å². The number of fused-ring (bicyclic) bond motifs is 1. The molecule has 0 amide bonds. The van der Waals surface area contributed by atoms with Crippen LogP contribution in [0.1, 0.15) is 45.6 Å². The number of nitrogens with two attached hydrogens (primary N) is 1. The Balaban J connectivity index is 2.66. The molecule has 2 aromatic rings. The zero-order chi connectivity index (χ0) is 12.6. The first-order valence-electron chi connectivity index (χ1n) is 6.09. The minimum absolute atomic E-state index is 0.0372. The molecule has 0 aliphatic carbocycles. The van der Waals surface area contributed by atoms with E-state index in [0.717, 1.165) is 16.9 Å². The van der Waals surface area contributed by atoms with E-state index in [-0.39, 0.29) is 6.04 Å². The van der Waals surface area contributed by atoms with Crippen molar-refractivity contribution in [1.29, 1.82) is 0 Å². The van der Waals surface area contributed by atoms with E-state index in [2.05, 4.69) is 42.2 Å². The summed E-state index contributed by atoms with van der Waals surface area (Å²) in [6.07, 6.45) is 3.60. The van der Waals surface area contributed by atoms with Crippen LogP contribution in [0.4, 0.5) is 0 Å². The van der Waals surface area contributed by atoms with Crippen molar-refractivity contribution in [1.82, 2.24) is 14.5 Å². The maximum absolute atomic E-state index is 6.24. The zero-order valence-corrected chi connectivity index (χ0v) is 10.9. The monoisotopic (exact) mass is 232 g/mol. The van der Waals surface area contributed by atoms with E-state index in [1.165, 1.54) is 0 Å². The molecule has 4 heteroatoms. The van der Waals surface area contributed by atoms with Crippen molar-refractivity contribution in [3.8, 4) is 0 Å². The summed E-state index contributed by atoms with van der Waals surface area (Å²) in [5, 5.41) is 0. The molecule has 4 nitrogen and oxygen atoms in total. The van der Waals surface area contributed by atoms with Crippen molar-refractivity contribution >= 4 is 11.0 Å². The second-order valence-electron chi connectivity index (χ2n) is 5.07. The molecule has 0 aliphatic rings. The summed E-state index contributed by atoms with van der Waals surface area (Å²) in [5.74, 6) is 1.33. The number of aromatic nitrogens is 3. The normalized spacial score (nSPS) is 13.8. The van der Waals surface area contributed by atoms with Crippen LogP contribution in [0.25, 0.3) is 11.0 Å². The third-order valence-corrected chi connectivity index (χ3v) is 3.05. The van der Waals surface area contributed by atoms with Gasteiger partial charge in [-0.3, -0.25) is 4.98 Å². The lowest BCUT2D eigenvalue weighted by atomic mass is 10.0. The van der Waals surface area contributed by atoms with Gasteiger partial charge in [0.2, 0.25) is 0 Å². The highest BCUT2D eigenvalue weighted by molar-refractivity contribution is 5.75. The highest BCUT2D eigenvalue weighted by Crippen LogP contribution is 2.26. The van der Waals surface area contributed by atoms with E-state index in [9.17, 15) is 0 Å². The molecule has 0 aromatic carbocycles. The number of rotatable bonds is 3. The van der Waals surface area contributed by atoms with Crippen LogP contribution in [-0.2, 0) is 0 Å². The van der Waals surface area contributed by atoms with Gasteiger partial charge in [-0.15, -0.1) is 0 Å². The van der Waals surface area contributed by atoms with Crippen molar-refractivity contribution < 1.29 is 0 Å². The molecule has 2 N–H and O–H groups in total. The standard InChI is InChI=1S/C13H20N4/c1-8(2)12(14)13-16-10-7-15-6-5-11(10)17(13)9(3)4/h5-9,12H,14H2,1-4H3/t12-/m0/s1. The maximum atomic E-state index is 6.24. The van der Waals surface area contributed by atoms with Crippen LogP contribution < -0.4 is 5.73 Å². The summed E-state index contributed by atoms with van der Waals surface area (Å²) in [6.45, 7) is 8.54. The molecule has 0 saturated heterocycles.